The van der Waals surface area contributed by atoms with Gasteiger partial charge in [-0.15, -0.1) is 0 Å². The molecule has 7 heteroatoms. The van der Waals surface area contributed by atoms with E-state index in [-0.39, 0.29) is 5.82 Å². The summed E-state index contributed by atoms with van der Waals surface area (Å²) in [6.07, 6.45) is -1.01. The largest absolute Gasteiger partial charge is 0.433 e. The number of hydrogen-bond acceptors (Lipinski definition) is 3. The molecule has 0 N–H and O–H groups in total. The Kier molecular flexibility index (Phi) is 3.46. The van der Waals surface area contributed by atoms with E-state index in [1.807, 2.05) is 11.6 Å². The lowest BCUT2D eigenvalue weighted by Gasteiger charge is -2.18. The van der Waals surface area contributed by atoms with Crippen molar-refractivity contribution < 1.29 is 13.2 Å². The number of aromatic nitrogens is 3. The van der Waals surface area contributed by atoms with Gasteiger partial charge in [-0.3, -0.25) is 0 Å². The normalized spacial score (nSPS) is 11.6. The number of halogens is 3. The molecule has 0 bridgehead atoms. The molecule has 0 amide bonds. The molecule has 0 aliphatic rings. The Morgan fingerprint density at radius 3 is 2.63 bits per heavy atom. The van der Waals surface area contributed by atoms with Crippen molar-refractivity contribution in [2.75, 3.05) is 11.9 Å². The topological polar surface area (TPSA) is 34.0 Å². The maximum atomic E-state index is 12.6. The molecule has 2 aromatic rings. The smallest absolute Gasteiger partial charge is 0.352 e. The van der Waals surface area contributed by atoms with E-state index in [1.165, 1.54) is 12.1 Å². The minimum absolute atomic E-state index is 0.262. The van der Waals surface area contributed by atoms with Gasteiger partial charge in [0.05, 0.1) is 6.54 Å². The van der Waals surface area contributed by atoms with E-state index in [0.717, 1.165) is 11.9 Å². The molecule has 102 valence electrons. The number of nitrogens with zero attached hydrogens (tertiary/aromatic N) is 4. The first-order chi connectivity index (χ1) is 8.88. The second-order valence-corrected chi connectivity index (χ2v) is 4.19. The van der Waals surface area contributed by atoms with Crippen molar-refractivity contribution in [1.29, 1.82) is 0 Å². The summed E-state index contributed by atoms with van der Waals surface area (Å²) in [5.74, 6) is 1.01. The third kappa shape index (κ3) is 3.04. The number of hydrogen-bond donors (Lipinski definition) is 0. The maximum Gasteiger partial charge on any atom is 0.433 e. The van der Waals surface area contributed by atoms with E-state index < -0.39 is 11.9 Å². The van der Waals surface area contributed by atoms with Crippen molar-refractivity contribution in [3.05, 3.63) is 42.1 Å². The molecule has 0 fully saturated rings. The summed E-state index contributed by atoms with van der Waals surface area (Å²) in [5, 5.41) is 0. The number of imidazole rings is 1. The third-order valence-electron chi connectivity index (χ3n) is 2.72. The predicted octanol–water partition coefficient (Wildman–Crippen LogP) is 2.47. The number of alkyl halides is 3. The highest BCUT2D eigenvalue weighted by molar-refractivity contribution is 5.38. The first-order valence-electron chi connectivity index (χ1n) is 5.59. The van der Waals surface area contributed by atoms with Gasteiger partial charge in [-0.05, 0) is 12.1 Å². The summed E-state index contributed by atoms with van der Waals surface area (Å²) in [6, 6.07) is 3.84. The van der Waals surface area contributed by atoms with Crippen LogP contribution in [0.1, 0.15) is 11.5 Å². The minimum atomic E-state index is -4.43. The quantitative estimate of drug-likeness (QED) is 0.859. The zero-order valence-electron chi connectivity index (χ0n) is 10.5. The standard InChI is InChI=1S/C12H13F3N4/c1-18-7-6-16-11(18)8-19(2)10-5-3-4-9(17-10)12(13,14)15/h3-7H,8H2,1-2H3. The molecule has 0 saturated heterocycles. The summed E-state index contributed by atoms with van der Waals surface area (Å²) in [6.45, 7) is 0.387. The first kappa shape index (κ1) is 13.4. The number of anilines is 1. The summed E-state index contributed by atoms with van der Waals surface area (Å²) in [7, 11) is 3.51. The highest BCUT2D eigenvalue weighted by Gasteiger charge is 2.32. The maximum absolute atomic E-state index is 12.6. The average molecular weight is 270 g/mol. The number of pyridine rings is 1. The summed E-state index contributed by atoms with van der Waals surface area (Å²) >= 11 is 0. The van der Waals surface area contributed by atoms with E-state index in [1.54, 1.807) is 24.3 Å². The van der Waals surface area contributed by atoms with Crippen LogP contribution in [-0.2, 0) is 19.8 Å². The Morgan fingerprint density at radius 2 is 2.05 bits per heavy atom. The molecule has 0 saturated carbocycles. The Hall–Kier alpha value is -2.05. The highest BCUT2D eigenvalue weighted by Crippen LogP contribution is 2.28. The fourth-order valence-electron chi connectivity index (χ4n) is 1.64. The lowest BCUT2D eigenvalue weighted by Crippen LogP contribution is -2.21. The second-order valence-electron chi connectivity index (χ2n) is 4.19. The molecular formula is C12H13F3N4. The third-order valence-corrected chi connectivity index (χ3v) is 2.72. The lowest BCUT2D eigenvalue weighted by atomic mass is 10.3. The van der Waals surface area contributed by atoms with Crippen LogP contribution in [-0.4, -0.2) is 21.6 Å². The summed E-state index contributed by atoms with van der Waals surface area (Å²) < 4.78 is 39.5. The molecule has 0 aromatic carbocycles. The van der Waals surface area contributed by atoms with Crippen molar-refractivity contribution in [2.24, 2.45) is 7.05 Å². The van der Waals surface area contributed by atoms with Gasteiger partial charge in [0.15, 0.2) is 0 Å². The average Bonchev–Trinajstić information content (AvgIpc) is 2.74. The first-order valence-corrected chi connectivity index (χ1v) is 5.59. The van der Waals surface area contributed by atoms with Gasteiger partial charge in [0.2, 0.25) is 0 Å². The molecule has 4 nitrogen and oxygen atoms in total. The summed E-state index contributed by atoms with van der Waals surface area (Å²) in [5.41, 5.74) is -0.892. The summed E-state index contributed by atoms with van der Waals surface area (Å²) in [4.78, 5) is 9.36. The Labute approximate surface area is 108 Å². The molecule has 0 aliphatic heterocycles. The van der Waals surface area contributed by atoms with E-state index in [4.69, 9.17) is 0 Å². The van der Waals surface area contributed by atoms with E-state index in [9.17, 15) is 13.2 Å². The Morgan fingerprint density at radius 1 is 1.32 bits per heavy atom. The van der Waals surface area contributed by atoms with E-state index >= 15 is 0 Å². The van der Waals surface area contributed by atoms with Gasteiger partial charge in [0, 0.05) is 26.5 Å². The number of aryl methyl sites for hydroxylation is 1. The van der Waals surface area contributed by atoms with Crippen LogP contribution in [0.25, 0.3) is 0 Å². The molecule has 19 heavy (non-hydrogen) atoms. The van der Waals surface area contributed by atoms with Gasteiger partial charge < -0.3 is 9.47 Å². The molecule has 0 atom stereocenters. The molecule has 2 heterocycles. The van der Waals surface area contributed by atoms with Crippen molar-refractivity contribution in [3.8, 4) is 0 Å². The van der Waals surface area contributed by atoms with Gasteiger partial charge in [-0.2, -0.15) is 13.2 Å². The van der Waals surface area contributed by atoms with E-state index in [2.05, 4.69) is 9.97 Å². The fraction of sp³-hybridized carbons (Fsp3) is 0.333. The second kappa shape index (κ2) is 4.91. The van der Waals surface area contributed by atoms with Crippen molar-refractivity contribution in [3.63, 3.8) is 0 Å². The molecule has 2 aromatic heterocycles. The van der Waals surface area contributed by atoms with E-state index in [0.29, 0.717) is 6.54 Å². The molecule has 0 unspecified atom stereocenters. The molecular weight excluding hydrogens is 257 g/mol. The molecule has 2 rings (SSSR count). The van der Waals surface area contributed by atoms with Crippen molar-refractivity contribution >= 4 is 5.82 Å². The van der Waals surface area contributed by atoms with Gasteiger partial charge in [0.1, 0.15) is 17.3 Å². The van der Waals surface area contributed by atoms with Crippen LogP contribution in [0.15, 0.2) is 30.6 Å². The van der Waals surface area contributed by atoms with Crippen molar-refractivity contribution in [1.82, 2.24) is 14.5 Å². The SMILES string of the molecule is CN(Cc1nccn1C)c1cccc(C(F)(F)F)n1. The molecule has 0 spiro atoms. The van der Waals surface area contributed by atoms with Crippen LogP contribution >= 0.6 is 0 Å². The lowest BCUT2D eigenvalue weighted by molar-refractivity contribution is -0.141. The van der Waals surface area contributed by atoms with Crippen LogP contribution < -0.4 is 4.90 Å². The predicted molar refractivity (Wildman–Crippen MR) is 64.6 cm³/mol. The fourth-order valence-corrected chi connectivity index (χ4v) is 1.64. The minimum Gasteiger partial charge on any atom is -0.352 e. The monoisotopic (exact) mass is 270 g/mol. The molecule has 0 radical (unpaired) electrons. The van der Waals surface area contributed by atoms with Crippen LogP contribution in [0, 0.1) is 0 Å². The van der Waals surface area contributed by atoms with Crippen LogP contribution in [0.4, 0.5) is 19.0 Å². The van der Waals surface area contributed by atoms with Crippen LogP contribution in [0.2, 0.25) is 0 Å². The Bertz CT molecular complexity index is 562. The van der Waals surface area contributed by atoms with Crippen LogP contribution in [0.5, 0.6) is 0 Å². The van der Waals surface area contributed by atoms with Gasteiger partial charge in [-0.1, -0.05) is 6.07 Å². The van der Waals surface area contributed by atoms with Crippen LogP contribution in [0.3, 0.4) is 0 Å². The van der Waals surface area contributed by atoms with Gasteiger partial charge >= 0.3 is 6.18 Å². The van der Waals surface area contributed by atoms with Crippen molar-refractivity contribution in [2.45, 2.75) is 12.7 Å². The molecule has 0 aliphatic carbocycles. The zero-order valence-corrected chi connectivity index (χ0v) is 10.5. The highest BCUT2D eigenvalue weighted by atomic mass is 19.4. The van der Waals surface area contributed by atoms with Gasteiger partial charge in [-0.25, -0.2) is 9.97 Å². The van der Waals surface area contributed by atoms with Gasteiger partial charge in [0.25, 0.3) is 0 Å². The zero-order chi connectivity index (χ0) is 14.0. The Balaban J connectivity index is 2.20. The number of rotatable bonds is 3.